The van der Waals surface area contributed by atoms with E-state index >= 15 is 0 Å². The minimum Gasteiger partial charge on any atom is -0.484 e. The fourth-order valence-electron chi connectivity index (χ4n) is 1.42. The SMILES string of the molecule is CC(C)(CCCl)NC(=O)COc1cccc(Cl)c1. The number of alkyl halides is 1. The highest BCUT2D eigenvalue weighted by Gasteiger charge is 2.19. The third-order valence-electron chi connectivity index (χ3n) is 2.36. The Morgan fingerprint density at radius 2 is 2.17 bits per heavy atom. The summed E-state index contributed by atoms with van der Waals surface area (Å²) in [7, 11) is 0. The highest BCUT2D eigenvalue weighted by molar-refractivity contribution is 6.30. The minimum absolute atomic E-state index is 0.0357. The fraction of sp³-hybridized carbons (Fsp3) is 0.462. The summed E-state index contributed by atoms with van der Waals surface area (Å²) in [5.41, 5.74) is -0.323. The molecular weight excluding hydrogens is 273 g/mol. The molecule has 1 rings (SSSR count). The first-order chi connectivity index (χ1) is 8.43. The van der Waals surface area contributed by atoms with E-state index in [9.17, 15) is 4.79 Å². The van der Waals surface area contributed by atoms with Gasteiger partial charge in [-0.3, -0.25) is 4.79 Å². The Labute approximate surface area is 117 Å². The number of benzene rings is 1. The lowest BCUT2D eigenvalue weighted by atomic mass is 10.0. The van der Waals surface area contributed by atoms with Crippen molar-refractivity contribution in [3.8, 4) is 5.75 Å². The molecule has 0 saturated carbocycles. The molecule has 3 nitrogen and oxygen atoms in total. The van der Waals surface area contributed by atoms with Crippen LogP contribution in [-0.4, -0.2) is 23.9 Å². The van der Waals surface area contributed by atoms with Gasteiger partial charge in [-0.2, -0.15) is 0 Å². The van der Waals surface area contributed by atoms with E-state index in [0.29, 0.717) is 23.1 Å². The zero-order valence-electron chi connectivity index (χ0n) is 10.5. The van der Waals surface area contributed by atoms with Gasteiger partial charge in [0.1, 0.15) is 5.75 Å². The van der Waals surface area contributed by atoms with Gasteiger partial charge in [0.05, 0.1) is 0 Å². The van der Waals surface area contributed by atoms with E-state index in [1.165, 1.54) is 0 Å². The van der Waals surface area contributed by atoms with Crippen LogP contribution < -0.4 is 10.1 Å². The Balaban J connectivity index is 2.42. The number of amides is 1. The second-order valence-corrected chi connectivity index (χ2v) is 5.43. The van der Waals surface area contributed by atoms with Crippen LogP contribution in [0, 0.1) is 0 Å². The molecule has 1 aromatic carbocycles. The van der Waals surface area contributed by atoms with Crippen LogP contribution in [0.1, 0.15) is 20.3 Å². The summed E-state index contributed by atoms with van der Waals surface area (Å²) in [6, 6.07) is 6.94. The van der Waals surface area contributed by atoms with Crippen molar-refractivity contribution in [1.82, 2.24) is 5.32 Å². The van der Waals surface area contributed by atoms with Crippen LogP contribution in [0.4, 0.5) is 0 Å². The number of carbonyl (C=O) groups is 1. The van der Waals surface area contributed by atoms with E-state index in [2.05, 4.69) is 5.32 Å². The van der Waals surface area contributed by atoms with E-state index in [0.717, 1.165) is 0 Å². The lowest BCUT2D eigenvalue weighted by molar-refractivity contribution is -0.124. The standard InChI is InChI=1S/C13H17Cl2NO2/c1-13(2,6-7-14)16-12(17)9-18-11-5-3-4-10(15)8-11/h3-5,8H,6-7,9H2,1-2H3,(H,16,17). The van der Waals surface area contributed by atoms with Gasteiger partial charge in [-0.1, -0.05) is 17.7 Å². The van der Waals surface area contributed by atoms with Crippen LogP contribution in [0.15, 0.2) is 24.3 Å². The largest absolute Gasteiger partial charge is 0.484 e. The van der Waals surface area contributed by atoms with Crippen LogP contribution in [-0.2, 0) is 4.79 Å². The normalized spacial score (nSPS) is 11.1. The van der Waals surface area contributed by atoms with Crippen molar-refractivity contribution in [3.05, 3.63) is 29.3 Å². The monoisotopic (exact) mass is 289 g/mol. The molecule has 0 aromatic heterocycles. The van der Waals surface area contributed by atoms with Gasteiger partial charge < -0.3 is 10.1 Å². The summed E-state index contributed by atoms with van der Waals surface area (Å²) in [6.07, 6.45) is 0.706. The Kier molecular flexibility index (Phi) is 5.76. The number of hydrogen-bond donors (Lipinski definition) is 1. The van der Waals surface area contributed by atoms with Crippen molar-refractivity contribution in [1.29, 1.82) is 0 Å². The fourth-order valence-corrected chi connectivity index (χ4v) is 2.07. The first-order valence-electron chi connectivity index (χ1n) is 5.68. The van der Waals surface area contributed by atoms with Crippen molar-refractivity contribution in [2.75, 3.05) is 12.5 Å². The first-order valence-corrected chi connectivity index (χ1v) is 6.59. The Bertz CT molecular complexity index is 408. The average molecular weight is 290 g/mol. The Hall–Kier alpha value is -0.930. The molecule has 1 aromatic rings. The van der Waals surface area contributed by atoms with E-state index in [4.69, 9.17) is 27.9 Å². The van der Waals surface area contributed by atoms with Crippen molar-refractivity contribution in [3.63, 3.8) is 0 Å². The quantitative estimate of drug-likeness (QED) is 0.817. The topological polar surface area (TPSA) is 38.3 Å². The molecule has 0 aliphatic heterocycles. The van der Waals surface area contributed by atoms with E-state index in [1.54, 1.807) is 24.3 Å². The van der Waals surface area contributed by atoms with Gasteiger partial charge in [0.15, 0.2) is 6.61 Å². The number of hydrogen-bond acceptors (Lipinski definition) is 2. The first kappa shape index (κ1) is 15.1. The second kappa shape index (κ2) is 6.86. The number of nitrogens with one attached hydrogen (secondary N) is 1. The highest BCUT2D eigenvalue weighted by atomic mass is 35.5. The number of ether oxygens (including phenoxy) is 1. The summed E-state index contributed by atoms with van der Waals surface area (Å²) in [6.45, 7) is 3.81. The number of halogens is 2. The van der Waals surface area contributed by atoms with Crippen molar-refractivity contribution >= 4 is 29.1 Å². The maximum atomic E-state index is 11.7. The molecule has 0 heterocycles. The molecule has 1 N–H and O–H groups in total. The zero-order chi connectivity index (χ0) is 13.6. The maximum absolute atomic E-state index is 11.7. The number of rotatable bonds is 6. The van der Waals surface area contributed by atoms with Crippen LogP contribution in [0.5, 0.6) is 5.75 Å². The van der Waals surface area contributed by atoms with Crippen molar-refractivity contribution < 1.29 is 9.53 Å². The molecule has 0 bridgehead atoms. The average Bonchev–Trinajstić information content (AvgIpc) is 2.25. The maximum Gasteiger partial charge on any atom is 0.258 e. The van der Waals surface area contributed by atoms with Gasteiger partial charge in [0.25, 0.3) is 5.91 Å². The molecule has 0 spiro atoms. The Morgan fingerprint density at radius 3 is 2.78 bits per heavy atom. The van der Waals surface area contributed by atoms with Gasteiger partial charge in [-0.05, 0) is 38.5 Å². The van der Waals surface area contributed by atoms with Gasteiger partial charge >= 0.3 is 0 Å². The molecule has 0 unspecified atom stereocenters. The molecule has 1 amide bonds. The molecule has 5 heteroatoms. The summed E-state index contributed by atoms with van der Waals surface area (Å²) in [5, 5.41) is 3.44. The van der Waals surface area contributed by atoms with Crippen molar-refractivity contribution in [2.24, 2.45) is 0 Å². The lowest BCUT2D eigenvalue weighted by Gasteiger charge is -2.25. The summed E-state index contributed by atoms with van der Waals surface area (Å²) >= 11 is 11.5. The minimum atomic E-state index is -0.323. The zero-order valence-corrected chi connectivity index (χ0v) is 12.0. The van der Waals surface area contributed by atoms with Crippen LogP contribution in [0.3, 0.4) is 0 Å². The predicted molar refractivity (Wildman–Crippen MR) is 74.5 cm³/mol. The molecule has 0 aliphatic carbocycles. The van der Waals surface area contributed by atoms with Gasteiger partial charge in [0, 0.05) is 16.4 Å². The van der Waals surface area contributed by atoms with Crippen molar-refractivity contribution in [2.45, 2.75) is 25.8 Å². The summed E-state index contributed by atoms with van der Waals surface area (Å²) in [5.74, 6) is 0.903. The highest BCUT2D eigenvalue weighted by Crippen LogP contribution is 2.17. The third kappa shape index (κ3) is 5.61. The predicted octanol–water partition coefficient (Wildman–Crippen LogP) is 3.24. The molecule has 0 saturated heterocycles. The molecule has 0 aliphatic rings. The molecular formula is C13H17Cl2NO2. The van der Waals surface area contributed by atoms with Gasteiger partial charge in [-0.25, -0.2) is 0 Å². The summed E-state index contributed by atoms with van der Waals surface area (Å²) < 4.78 is 5.34. The summed E-state index contributed by atoms with van der Waals surface area (Å²) in [4.78, 5) is 11.7. The Morgan fingerprint density at radius 1 is 1.44 bits per heavy atom. The van der Waals surface area contributed by atoms with Gasteiger partial charge in [0.2, 0.25) is 0 Å². The van der Waals surface area contributed by atoms with E-state index < -0.39 is 0 Å². The number of carbonyl (C=O) groups excluding carboxylic acids is 1. The lowest BCUT2D eigenvalue weighted by Crippen LogP contribution is -2.45. The van der Waals surface area contributed by atoms with Gasteiger partial charge in [-0.15, -0.1) is 11.6 Å². The van der Waals surface area contributed by atoms with Crippen LogP contribution in [0.25, 0.3) is 0 Å². The third-order valence-corrected chi connectivity index (χ3v) is 2.79. The van der Waals surface area contributed by atoms with E-state index in [1.807, 2.05) is 13.8 Å². The molecule has 0 radical (unpaired) electrons. The molecule has 0 atom stereocenters. The van der Waals surface area contributed by atoms with Crippen LogP contribution >= 0.6 is 23.2 Å². The molecule has 18 heavy (non-hydrogen) atoms. The molecule has 0 fully saturated rings. The van der Waals surface area contributed by atoms with Crippen LogP contribution in [0.2, 0.25) is 5.02 Å². The smallest absolute Gasteiger partial charge is 0.258 e. The van der Waals surface area contributed by atoms with E-state index in [-0.39, 0.29) is 18.1 Å². The molecule has 100 valence electrons. The second-order valence-electron chi connectivity index (χ2n) is 4.62.